The smallest absolute Gasteiger partial charge is 0.257 e. The summed E-state index contributed by atoms with van der Waals surface area (Å²) in [5, 5.41) is 6.66. The third kappa shape index (κ3) is 2.62. The maximum Gasteiger partial charge on any atom is 0.257 e. The van der Waals surface area contributed by atoms with E-state index in [1.165, 1.54) is 0 Å². The molecule has 1 aromatic heterocycles. The monoisotopic (exact) mass is 261 g/mol. The molecule has 0 unspecified atom stereocenters. The van der Waals surface area contributed by atoms with E-state index in [2.05, 4.69) is 5.32 Å². The molecule has 0 spiro atoms. The number of nitrogens with two attached hydrogens (primary N) is 1. The van der Waals surface area contributed by atoms with Crippen molar-refractivity contribution < 1.29 is 4.79 Å². The molecular weight excluding hydrogens is 246 g/mol. The van der Waals surface area contributed by atoms with Crippen molar-refractivity contribution in [1.82, 2.24) is 0 Å². The summed E-state index contributed by atoms with van der Waals surface area (Å²) in [5.74, 6) is -0.149. The Bertz CT molecular complexity index is 549. The van der Waals surface area contributed by atoms with Crippen molar-refractivity contribution in [2.75, 3.05) is 30.0 Å². The minimum absolute atomic E-state index is 0.149. The number of amides is 1. The van der Waals surface area contributed by atoms with Gasteiger partial charge in [0.15, 0.2) is 0 Å². The molecule has 0 atom stereocenters. The highest BCUT2D eigenvalue weighted by atomic mass is 32.1. The molecule has 1 aromatic carbocycles. The zero-order chi connectivity index (χ0) is 13.1. The van der Waals surface area contributed by atoms with E-state index in [-0.39, 0.29) is 5.91 Å². The van der Waals surface area contributed by atoms with Gasteiger partial charge in [0.1, 0.15) is 0 Å². The molecule has 2 aromatic rings. The predicted octanol–water partition coefficient (Wildman–Crippen LogP) is 2.65. The lowest BCUT2D eigenvalue weighted by Gasteiger charge is -2.17. The van der Waals surface area contributed by atoms with Crippen LogP contribution in [0.5, 0.6) is 0 Å². The lowest BCUT2D eigenvalue weighted by atomic mass is 10.1. The molecule has 3 N–H and O–H groups in total. The largest absolute Gasteiger partial charge is 0.399 e. The standard InChI is InChI=1S/C13H15N3OS/c1-16(2)12-4-3-9(14)7-11(12)13(17)15-10-5-6-18-8-10/h3-8H,14H2,1-2H3,(H,15,17). The quantitative estimate of drug-likeness (QED) is 0.835. The first-order chi connectivity index (χ1) is 8.58. The van der Waals surface area contributed by atoms with Gasteiger partial charge in [-0.15, -0.1) is 0 Å². The molecule has 0 bridgehead atoms. The number of anilines is 3. The number of nitrogen functional groups attached to an aromatic ring is 1. The van der Waals surface area contributed by atoms with Gasteiger partial charge in [-0.2, -0.15) is 11.3 Å². The van der Waals surface area contributed by atoms with Crippen molar-refractivity contribution in [2.24, 2.45) is 0 Å². The first-order valence-corrected chi connectivity index (χ1v) is 6.42. The van der Waals surface area contributed by atoms with E-state index < -0.39 is 0 Å². The molecule has 5 heteroatoms. The Morgan fingerprint density at radius 3 is 2.72 bits per heavy atom. The Kier molecular flexibility index (Phi) is 3.53. The van der Waals surface area contributed by atoms with Crippen molar-refractivity contribution in [2.45, 2.75) is 0 Å². The number of hydrogen-bond acceptors (Lipinski definition) is 4. The molecule has 0 aliphatic carbocycles. The Morgan fingerprint density at radius 1 is 1.33 bits per heavy atom. The maximum absolute atomic E-state index is 12.2. The molecule has 0 saturated carbocycles. The molecule has 0 fully saturated rings. The van der Waals surface area contributed by atoms with E-state index in [4.69, 9.17) is 5.73 Å². The number of benzene rings is 1. The molecule has 94 valence electrons. The van der Waals surface area contributed by atoms with Crippen LogP contribution in [0.2, 0.25) is 0 Å². The summed E-state index contributed by atoms with van der Waals surface area (Å²) in [6, 6.07) is 7.19. The van der Waals surface area contributed by atoms with Gasteiger partial charge >= 0.3 is 0 Å². The van der Waals surface area contributed by atoms with Crippen LogP contribution in [0.4, 0.5) is 17.1 Å². The number of hydrogen-bond donors (Lipinski definition) is 2. The van der Waals surface area contributed by atoms with Gasteiger partial charge in [0.2, 0.25) is 0 Å². The fourth-order valence-corrected chi connectivity index (χ4v) is 2.25. The van der Waals surface area contributed by atoms with E-state index in [0.717, 1.165) is 11.4 Å². The van der Waals surface area contributed by atoms with Crippen LogP contribution in [0.25, 0.3) is 0 Å². The van der Waals surface area contributed by atoms with Gasteiger partial charge in [-0.05, 0) is 29.6 Å². The summed E-state index contributed by atoms with van der Waals surface area (Å²) in [6.45, 7) is 0. The zero-order valence-corrected chi connectivity index (χ0v) is 11.1. The third-order valence-electron chi connectivity index (χ3n) is 2.53. The summed E-state index contributed by atoms with van der Waals surface area (Å²) in [5.41, 5.74) is 8.54. The van der Waals surface area contributed by atoms with E-state index >= 15 is 0 Å². The number of nitrogens with one attached hydrogen (secondary N) is 1. The first-order valence-electron chi connectivity index (χ1n) is 5.48. The van der Waals surface area contributed by atoms with E-state index in [1.807, 2.05) is 41.9 Å². The van der Waals surface area contributed by atoms with E-state index in [9.17, 15) is 4.79 Å². The molecule has 2 rings (SSSR count). The van der Waals surface area contributed by atoms with Crippen molar-refractivity contribution in [3.63, 3.8) is 0 Å². The minimum atomic E-state index is -0.149. The molecule has 4 nitrogen and oxygen atoms in total. The van der Waals surface area contributed by atoms with Gasteiger partial charge in [-0.3, -0.25) is 4.79 Å². The minimum Gasteiger partial charge on any atom is -0.399 e. The Morgan fingerprint density at radius 2 is 2.11 bits per heavy atom. The maximum atomic E-state index is 12.2. The van der Waals surface area contributed by atoms with E-state index in [0.29, 0.717) is 11.3 Å². The molecule has 0 radical (unpaired) electrons. The summed E-state index contributed by atoms with van der Waals surface area (Å²) in [4.78, 5) is 14.1. The van der Waals surface area contributed by atoms with Crippen LogP contribution in [0.1, 0.15) is 10.4 Å². The topological polar surface area (TPSA) is 58.4 Å². The van der Waals surface area contributed by atoms with Gasteiger partial charge in [0.25, 0.3) is 5.91 Å². The van der Waals surface area contributed by atoms with Crippen LogP contribution in [0.15, 0.2) is 35.0 Å². The van der Waals surface area contributed by atoms with Crippen molar-refractivity contribution in [3.05, 3.63) is 40.6 Å². The van der Waals surface area contributed by atoms with Gasteiger partial charge in [0.05, 0.1) is 11.3 Å². The van der Waals surface area contributed by atoms with Crippen LogP contribution >= 0.6 is 11.3 Å². The molecule has 18 heavy (non-hydrogen) atoms. The predicted molar refractivity (Wildman–Crippen MR) is 77.5 cm³/mol. The Balaban J connectivity index is 2.31. The lowest BCUT2D eigenvalue weighted by molar-refractivity contribution is 0.102. The molecular formula is C13H15N3OS. The molecule has 0 saturated heterocycles. The number of thiophene rings is 1. The fourth-order valence-electron chi connectivity index (χ4n) is 1.66. The van der Waals surface area contributed by atoms with Crippen molar-refractivity contribution in [1.29, 1.82) is 0 Å². The fraction of sp³-hybridized carbons (Fsp3) is 0.154. The van der Waals surface area contributed by atoms with Crippen LogP contribution in [-0.2, 0) is 0 Å². The second-order valence-electron chi connectivity index (χ2n) is 4.14. The molecule has 1 amide bonds. The van der Waals surface area contributed by atoms with Crippen molar-refractivity contribution >= 4 is 34.3 Å². The summed E-state index contributed by atoms with van der Waals surface area (Å²) in [6.07, 6.45) is 0. The number of rotatable bonds is 3. The summed E-state index contributed by atoms with van der Waals surface area (Å²) >= 11 is 1.54. The average Bonchev–Trinajstić information content (AvgIpc) is 2.81. The van der Waals surface area contributed by atoms with Crippen molar-refractivity contribution in [3.8, 4) is 0 Å². The molecule has 1 heterocycles. The highest BCUT2D eigenvalue weighted by Gasteiger charge is 2.13. The van der Waals surface area contributed by atoms with Gasteiger partial charge < -0.3 is 16.0 Å². The normalized spacial score (nSPS) is 10.1. The lowest BCUT2D eigenvalue weighted by Crippen LogP contribution is -2.18. The first kappa shape index (κ1) is 12.4. The summed E-state index contributed by atoms with van der Waals surface area (Å²) in [7, 11) is 3.79. The average molecular weight is 261 g/mol. The summed E-state index contributed by atoms with van der Waals surface area (Å²) < 4.78 is 0. The second kappa shape index (κ2) is 5.10. The number of carbonyl (C=O) groups excluding carboxylic acids is 1. The van der Waals surface area contributed by atoms with Gasteiger partial charge in [0, 0.05) is 30.9 Å². The highest BCUT2D eigenvalue weighted by Crippen LogP contribution is 2.23. The zero-order valence-electron chi connectivity index (χ0n) is 10.3. The van der Waals surface area contributed by atoms with Gasteiger partial charge in [-0.1, -0.05) is 0 Å². The van der Waals surface area contributed by atoms with Crippen LogP contribution in [0, 0.1) is 0 Å². The molecule has 0 aliphatic rings. The van der Waals surface area contributed by atoms with Crippen LogP contribution in [0.3, 0.4) is 0 Å². The number of carbonyl (C=O) groups is 1. The van der Waals surface area contributed by atoms with Crippen LogP contribution in [-0.4, -0.2) is 20.0 Å². The highest BCUT2D eigenvalue weighted by molar-refractivity contribution is 7.08. The van der Waals surface area contributed by atoms with Gasteiger partial charge in [-0.25, -0.2) is 0 Å². The SMILES string of the molecule is CN(C)c1ccc(N)cc1C(=O)Nc1ccsc1. The van der Waals surface area contributed by atoms with Crippen LogP contribution < -0.4 is 16.0 Å². The Labute approximate surface area is 110 Å². The number of nitrogens with zero attached hydrogens (tertiary/aromatic N) is 1. The Hall–Kier alpha value is -2.01. The van der Waals surface area contributed by atoms with E-state index in [1.54, 1.807) is 23.5 Å². The molecule has 0 aliphatic heterocycles. The second-order valence-corrected chi connectivity index (χ2v) is 4.92. The third-order valence-corrected chi connectivity index (χ3v) is 3.21.